The van der Waals surface area contributed by atoms with Gasteiger partial charge in [-0.2, -0.15) is 0 Å². The van der Waals surface area contributed by atoms with E-state index in [-0.39, 0.29) is 0 Å². The van der Waals surface area contributed by atoms with Crippen molar-refractivity contribution in [3.05, 3.63) is 27.8 Å². The molecule has 0 spiro atoms. The second-order valence-corrected chi connectivity index (χ2v) is 3.72. The first-order valence-electron chi connectivity index (χ1n) is 4.59. The van der Waals surface area contributed by atoms with Crippen molar-refractivity contribution < 1.29 is 4.74 Å². The Morgan fingerprint density at radius 1 is 1.43 bits per heavy atom. The Balaban J connectivity index is 3.29. The Labute approximate surface area is 90.2 Å². The van der Waals surface area contributed by atoms with Gasteiger partial charge in [0.25, 0.3) is 0 Å². The van der Waals surface area contributed by atoms with E-state index >= 15 is 0 Å². The summed E-state index contributed by atoms with van der Waals surface area (Å²) in [6.45, 7) is 4.78. The molecule has 0 saturated heterocycles. The van der Waals surface area contributed by atoms with Crippen LogP contribution >= 0.6 is 11.6 Å². The van der Waals surface area contributed by atoms with Crippen LogP contribution in [0.5, 0.6) is 5.75 Å². The number of halogens is 1. The predicted molar refractivity (Wildman–Crippen MR) is 60.2 cm³/mol. The molecule has 0 fully saturated rings. The molecule has 1 N–H and O–H groups in total. The largest absolute Gasteiger partial charge is 0.496 e. The van der Waals surface area contributed by atoms with Crippen LogP contribution < -0.4 is 10.1 Å². The highest BCUT2D eigenvalue weighted by molar-refractivity contribution is 6.32. The lowest BCUT2D eigenvalue weighted by Crippen LogP contribution is -2.09. The zero-order chi connectivity index (χ0) is 10.7. The Hall–Kier alpha value is -0.730. The Morgan fingerprint density at radius 2 is 2.07 bits per heavy atom. The summed E-state index contributed by atoms with van der Waals surface area (Å²) in [6.07, 6.45) is 0. The topological polar surface area (TPSA) is 21.3 Å². The van der Waals surface area contributed by atoms with Gasteiger partial charge in [-0.3, -0.25) is 0 Å². The van der Waals surface area contributed by atoms with Crippen molar-refractivity contribution >= 4 is 11.6 Å². The number of ether oxygens (including phenoxy) is 1. The standard InChI is InChI=1S/C11H16ClNO/c1-7-5-10(14-4)9(6-13-3)8(2)11(7)12/h5,13H,6H2,1-4H3. The molecule has 0 unspecified atom stereocenters. The number of nitrogens with one attached hydrogen (secondary N) is 1. The molecule has 0 aliphatic rings. The smallest absolute Gasteiger partial charge is 0.123 e. The van der Waals surface area contributed by atoms with Gasteiger partial charge in [0.2, 0.25) is 0 Å². The first-order valence-corrected chi connectivity index (χ1v) is 4.96. The van der Waals surface area contributed by atoms with Gasteiger partial charge in [-0.15, -0.1) is 0 Å². The van der Waals surface area contributed by atoms with E-state index in [4.69, 9.17) is 16.3 Å². The van der Waals surface area contributed by atoms with E-state index in [9.17, 15) is 0 Å². The van der Waals surface area contributed by atoms with Crippen molar-refractivity contribution in [2.75, 3.05) is 14.2 Å². The summed E-state index contributed by atoms with van der Waals surface area (Å²) in [7, 11) is 3.59. The highest BCUT2D eigenvalue weighted by Crippen LogP contribution is 2.31. The van der Waals surface area contributed by atoms with E-state index < -0.39 is 0 Å². The predicted octanol–water partition coefficient (Wildman–Crippen LogP) is 2.68. The molecule has 0 heterocycles. The van der Waals surface area contributed by atoms with Crippen LogP contribution in [0.2, 0.25) is 5.02 Å². The molecule has 1 rings (SSSR count). The Morgan fingerprint density at radius 3 is 2.57 bits per heavy atom. The van der Waals surface area contributed by atoms with E-state index in [2.05, 4.69) is 5.32 Å². The molecular weight excluding hydrogens is 198 g/mol. The summed E-state index contributed by atoms with van der Waals surface area (Å²) in [6, 6.07) is 1.97. The molecule has 0 bridgehead atoms. The fourth-order valence-corrected chi connectivity index (χ4v) is 1.71. The van der Waals surface area contributed by atoms with Crippen LogP contribution in [0.15, 0.2) is 6.07 Å². The van der Waals surface area contributed by atoms with Crippen molar-refractivity contribution in [3.63, 3.8) is 0 Å². The minimum Gasteiger partial charge on any atom is -0.496 e. The fourth-order valence-electron chi connectivity index (χ4n) is 1.54. The summed E-state index contributed by atoms with van der Waals surface area (Å²) in [5.74, 6) is 0.902. The van der Waals surface area contributed by atoms with Crippen molar-refractivity contribution in [2.45, 2.75) is 20.4 Å². The maximum Gasteiger partial charge on any atom is 0.123 e. The molecule has 0 amide bonds. The van der Waals surface area contributed by atoms with Crippen molar-refractivity contribution in [2.24, 2.45) is 0 Å². The first kappa shape index (κ1) is 11.3. The molecule has 78 valence electrons. The summed E-state index contributed by atoms with van der Waals surface area (Å²) in [5.41, 5.74) is 3.28. The van der Waals surface area contributed by atoms with Crippen molar-refractivity contribution in [1.82, 2.24) is 5.32 Å². The Kier molecular flexibility index (Phi) is 3.78. The van der Waals surface area contributed by atoms with Crippen LogP contribution in [-0.2, 0) is 6.54 Å². The van der Waals surface area contributed by atoms with Gasteiger partial charge in [0.15, 0.2) is 0 Å². The molecular formula is C11H16ClNO. The molecule has 1 aromatic rings. The number of benzene rings is 1. The van der Waals surface area contributed by atoms with Gasteiger partial charge in [0.1, 0.15) is 5.75 Å². The lowest BCUT2D eigenvalue weighted by Gasteiger charge is -2.14. The molecule has 1 aromatic carbocycles. The molecule has 0 aliphatic heterocycles. The fraction of sp³-hybridized carbons (Fsp3) is 0.455. The minimum absolute atomic E-state index is 0.773. The average Bonchev–Trinajstić information content (AvgIpc) is 2.19. The van der Waals surface area contributed by atoms with Crippen molar-refractivity contribution in [1.29, 1.82) is 0 Å². The van der Waals surface area contributed by atoms with E-state index in [1.54, 1.807) is 7.11 Å². The monoisotopic (exact) mass is 213 g/mol. The third kappa shape index (κ3) is 2.02. The molecule has 3 heteroatoms. The molecule has 0 atom stereocenters. The van der Waals surface area contributed by atoms with E-state index in [0.717, 1.165) is 34.0 Å². The maximum absolute atomic E-state index is 6.16. The van der Waals surface area contributed by atoms with E-state index in [1.165, 1.54) is 0 Å². The van der Waals surface area contributed by atoms with Gasteiger partial charge >= 0.3 is 0 Å². The zero-order valence-electron chi connectivity index (χ0n) is 9.07. The maximum atomic E-state index is 6.16. The van der Waals surface area contributed by atoms with E-state index in [0.29, 0.717) is 0 Å². The number of aryl methyl sites for hydroxylation is 1. The van der Waals surface area contributed by atoms with Crippen LogP contribution in [0.4, 0.5) is 0 Å². The number of methoxy groups -OCH3 is 1. The molecule has 2 nitrogen and oxygen atoms in total. The molecule has 14 heavy (non-hydrogen) atoms. The second-order valence-electron chi connectivity index (χ2n) is 3.34. The third-order valence-corrected chi connectivity index (χ3v) is 2.93. The summed E-state index contributed by atoms with van der Waals surface area (Å²) in [5, 5.41) is 3.94. The quantitative estimate of drug-likeness (QED) is 0.834. The van der Waals surface area contributed by atoms with Gasteiger partial charge in [0, 0.05) is 17.1 Å². The molecule has 0 saturated carbocycles. The summed E-state index contributed by atoms with van der Waals surface area (Å²) >= 11 is 6.16. The van der Waals surface area contributed by atoms with Gasteiger partial charge < -0.3 is 10.1 Å². The number of hydrogen-bond acceptors (Lipinski definition) is 2. The SMILES string of the molecule is CNCc1c(OC)cc(C)c(Cl)c1C. The highest BCUT2D eigenvalue weighted by atomic mass is 35.5. The van der Waals surface area contributed by atoms with Crippen molar-refractivity contribution in [3.8, 4) is 5.75 Å². The lowest BCUT2D eigenvalue weighted by molar-refractivity contribution is 0.407. The normalized spacial score (nSPS) is 10.4. The van der Waals surface area contributed by atoms with Crippen LogP contribution in [0.1, 0.15) is 16.7 Å². The van der Waals surface area contributed by atoms with Crippen LogP contribution in [0.3, 0.4) is 0 Å². The highest BCUT2D eigenvalue weighted by Gasteiger charge is 2.11. The zero-order valence-corrected chi connectivity index (χ0v) is 9.83. The van der Waals surface area contributed by atoms with Crippen LogP contribution in [-0.4, -0.2) is 14.2 Å². The average molecular weight is 214 g/mol. The minimum atomic E-state index is 0.773. The van der Waals surface area contributed by atoms with Crippen LogP contribution in [0, 0.1) is 13.8 Å². The van der Waals surface area contributed by atoms with E-state index in [1.807, 2.05) is 27.0 Å². The number of hydrogen-bond donors (Lipinski definition) is 1. The third-order valence-electron chi connectivity index (χ3n) is 2.35. The van der Waals surface area contributed by atoms with Gasteiger partial charge in [-0.05, 0) is 38.1 Å². The van der Waals surface area contributed by atoms with Gasteiger partial charge in [-0.25, -0.2) is 0 Å². The van der Waals surface area contributed by atoms with Crippen LogP contribution in [0.25, 0.3) is 0 Å². The van der Waals surface area contributed by atoms with Gasteiger partial charge in [0.05, 0.1) is 7.11 Å². The molecule has 0 aromatic heterocycles. The van der Waals surface area contributed by atoms with Gasteiger partial charge in [-0.1, -0.05) is 11.6 Å². The Bertz CT molecular complexity index is 337. The summed E-state index contributed by atoms with van der Waals surface area (Å²) < 4.78 is 5.32. The summed E-state index contributed by atoms with van der Waals surface area (Å²) in [4.78, 5) is 0. The molecule has 0 aliphatic carbocycles. The first-order chi connectivity index (χ1) is 6.61. The second kappa shape index (κ2) is 4.67. The molecule has 0 radical (unpaired) electrons. The number of rotatable bonds is 3. The lowest BCUT2D eigenvalue weighted by atomic mass is 10.0.